The third kappa shape index (κ3) is 2.28. The molecule has 1 rings (SSSR count). The second kappa shape index (κ2) is 5.04. The lowest BCUT2D eigenvalue weighted by Crippen LogP contribution is -2.19. The predicted molar refractivity (Wildman–Crippen MR) is 63.1 cm³/mol. The molecule has 1 fully saturated rings. The van der Waals surface area contributed by atoms with Crippen molar-refractivity contribution in [2.75, 3.05) is 13.1 Å². The first-order valence-corrected chi connectivity index (χ1v) is 5.44. The van der Waals surface area contributed by atoms with E-state index in [-0.39, 0.29) is 0 Å². The molecule has 0 aromatic rings. The zero-order valence-electron chi connectivity index (χ0n) is 9.42. The fourth-order valence-corrected chi connectivity index (χ4v) is 2.02. The summed E-state index contributed by atoms with van der Waals surface area (Å²) in [6.45, 7) is 14.6. The largest absolute Gasteiger partial charge is 0.371 e. The molecule has 1 aliphatic rings. The first kappa shape index (κ1) is 11.1. The number of hydrogen-bond acceptors (Lipinski definition) is 1. The molecule has 1 aliphatic heterocycles. The first-order chi connectivity index (χ1) is 6.70. The van der Waals surface area contributed by atoms with Gasteiger partial charge in [-0.2, -0.15) is 0 Å². The number of rotatable bonds is 4. The van der Waals surface area contributed by atoms with Crippen LogP contribution in [0.2, 0.25) is 0 Å². The van der Waals surface area contributed by atoms with Crippen molar-refractivity contribution in [1.82, 2.24) is 4.90 Å². The van der Waals surface area contributed by atoms with Crippen LogP contribution >= 0.6 is 0 Å². The maximum absolute atomic E-state index is 3.91. The average Bonchev–Trinajstić information content (AvgIpc) is 2.65. The standard InChI is InChI=1S/C13H21N/c1-5-12(11(3)4)13(6-2)14-9-7-8-10-14/h5-6,11H,1-2,7-10H2,3-4H3/b13-12-. The van der Waals surface area contributed by atoms with Crippen molar-refractivity contribution in [2.24, 2.45) is 5.92 Å². The van der Waals surface area contributed by atoms with E-state index in [1.54, 1.807) is 0 Å². The summed E-state index contributed by atoms with van der Waals surface area (Å²) in [6.07, 6.45) is 6.56. The number of nitrogens with zero attached hydrogens (tertiary/aromatic N) is 1. The van der Waals surface area contributed by atoms with Gasteiger partial charge in [0, 0.05) is 18.8 Å². The summed E-state index contributed by atoms with van der Waals surface area (Å²) in [4.78, 5) is 2.42. The molecule has 1 saturated heterocycles. The predicted octanol–water partition coefficient (Wildman–Crippen LogP) is 3.36. The van der Waals surface area contributed by atoms with Gasteiger partial charge in [0.15, 0.2) is 0 Å². The SMILES string of the molecule is C=C/C(=C(\C=C)N1CCCC1)C(C)C. The molecule has 0 bridgehead atoms. The van der Waals surface area contributed by atoms with E-state index < -0.39 is 0 Å². The molecule has 0 N–H and O–H groups in total. The molecule has 0 radical (unpaired) electrons. The zero-order chi connectivity index (χ0) is 10.6. The molecule has 0 aliphatic carbocycles. The Kier molecular flexibility index (Phi) is 3.99. The molecule has 0 atom stereocenters. The van der Waals surface area contributed by atoms with Crippen molar-refractivity contribution in [1.29, 1.82) is 0 Å². The highest BCUT2D eigenvalue weighted by atomic mass is 15.1. The van der Waals surface area contributed by atoms with Crippen LogP contribution in [0, 0.1) is 5.92 Å². The lowest BCUT2D eigenvalue weighted by atomic mass is 10.0. The van der Waals surface area contributed by atoms with Gasteiger partial charge in [-0.05, 0) is 30.4 Å². The van der Waals surface area contributed by atoms with Crippen LogP contribution in [0.4, 0.5) is 0 Å². The Hall–Kier alpha value is -0.980. The molecule has 78 valence electrons. The monoisotopic (exact) mass is 191 g/mol. The lowest BCUT2D eigenvalue weighted by molar-refractivity contribution is 0.432. The Balaban J connectivity index is 2.95. The number of hydrogen-bond donors (Lipinski definition) is 0. The lowest BCUT2D eigenvalue weighted by Gasteiger charge is -2.23. The minimum absolute atomic E-state index is 0.529. The molecule has 1 nitrogen and oxygen atoms in total. The van der Waals surface area contributed by atoms with Crippen molar-refractivity contribution < 1.29 is 0 Å². The molecule has 1 heterocycles. The summed E-state index contributed by atoms with van der Waals surface area (Å²) in [5.74, 6) is 0.529. The molecule has 0 saturated carbocycles. The van der Waals surface area contributed by atoms with E-state index in [9.17, 15) is 0 Å². The van der Waals surface area contributed by atoms with Crippen molar-refractivity contribution in [3.63, 3.8) is 0 Å². The van der Waals surface area contributed by atoms with Gasteiger partial charge in [-0.15, -0.1) is 0 Å². The molecule has 0 aromatic heterocycles. The van der Waals surface area contributed by atoms with Crippen LogP contribution in [0.1, 0.15) is 26.7 Å². The minimum atomic E-state index is 0.529. The van der Waals surface area contributed by atoms with Gasteiger partial charge in [-0.25, -0.2) is 0 Å². The van der Waals surface area contributed by atoms with Crippen LogP contribution in [0.3, 0.4) is 0 Å². The quantitative estimate of drug-likeness (QED) is 0.616. The number of allylic oxidation sites excluding steroid dienone is 3. The highest BCUT2D eigenvalue weighted by Crippen LogP contribution is 2.23. The Morgan fingerprint density at radius 3 is 2.07 bits per heavy atom. The van der Waals surface area contributed by atoms with Crippen LogP contribution in [-0.2, 0) is 0 Å². The molecule has 0 aromatic carbocycles. The van der Waals surface area contributed by atoms with Gasteiger partial charge >= 0.3 is 0 Å². The van der Waals surface area contributed by atoms with E-state index in [0.717, 1.165) is 0 Å². The Morgan fingerprint density at radius 2 is 1.71 bits per heavy atom. The normalized spacial score (nSPS) is 18.4. The minimum Gasteiger partial charge on any atom is -0.371 e. The topological polar surface area (TPSA) is 3.24 Å². The van der Waals surface area contributed by atoms with E-state index in [2.05, 4.69) is 31.9 Å². The maximum atomic E-state index is 3.91. The van der Waals surface area contributed by atoms with Gasteiger partial charge in [-0.3, -0.25) is 0 Å². The number of likely N-dealkylation sites (tertiary alicyclic amines) is 1. The van der Waals surface area contributed by atoms with Crippen LogP contribution in [0.25, 0.3) is 0 Å². The van der Waals surface area contributed by atoms with Crippen LogP contribution in [0.15, 0.2) is 36.6 Å². The second-order valence-corrected chi connectivity index (χ2v) is 4.10. The van der Waals surface area contributed by atoms with E-state index in [4.69, 9.17) is 0 Å². The fourth-order valence-electron chi connectivity index (χ4n) is 2.02. The average molecular weight is 191 g/mol. The summed E-state index contributed by atoms with van der Waals surface area (Å²) in [5, 5.41) is 0. The Bertz CT molecular complexity index is 242. The molecule has 0 spiro atoms. The maximum Gasteiger partial charge on any atom is 0.0395 e. The molecule has 0 unspecified atom stereocenters. The van der Waals surface area contributed by atoms with Crippen LogP contribution in [-0.4, -0.2) is 18.0 Å². The van der Waals surface area contributed by atoms with Crippen molar-refractivity contribution in [3.05, 3.63) is 36.6 Å². The molecule has 0 amide bonds. The van der Waals surface area contributed by atoms with Gasteiger partial charge in [0.25, 0.3) is 0 Å². The molecular formula is C13H21N. The van der Waals surface area contributed by atoms with Crippen molar-refractivity contribution in [2.45, 2.75) is 26.7 Å². The zero-order valence-corrected chi connectivity index (χ0v) is 9.42. The van der Waals surface area contributed by atoms with Gasteiger partial charge in [0.05, 0.1) is 0 Å². The summed E-state index contributed by atoms with van der Waals surface area (Å²) in [7, 11) is 0. The summed E-state index contributed by atoms with van der Waals surface area (Å²) < 4.78 is 0. The van der Waals surface area contributed by atoms with E-state index in [0.29, 0.717) is 5.92 Å². The molecule has 1 heteroatoms. The summed E-state index contributed by atoms with van der Waals surface area (Å²) in [5.41, 5.74) is 2.61. The van der Waals surface area contributed by atoms with Gasteiger partial charge in [0.2, 0.25) is 0 Å². The molecule has 14 heavy (non-hydrogen) atoms. The van der Waals surface area contributed by atoms with Gasteiger partial charge in [-0.1, -0.05) is 33.1 Å². The van der Waals surface area contributed by atoms with Crippen LogP contribution < -0.4 is 0 Å². The van der Waals surface area contributed by atoms with Gasteiger partial charge in [0.1, 0.15) is 0 Å². The Morgan fingerprint density at radius 1 is 1.14 bits per heavy atom. The van der Waals surface area contributed by atoms with E-state index >= 15 is 0 Å². The second-order valence-electron chi connectivity index (χ2n) is 4.10. The van der Waals surface area contributed by atoms with E-state index in [1.165, 1.54) is 37.2 Å². The van der Waals surface area contributed by atoms with Crippen LogP contribution in [0.5, 0.6) is 0 Å². The highest BCUT2D eigenvalue weighted by Gasteiger charge is 2.16. The molecular weight excluding hydrogens is 170 g/mol. The van der Waals surface area contributed by atoms with Crippen molar-refractivity contribution in [3.8, 4) is 0 Å². The fraction of sp³-hybridized carbons (Fsp3) is 0.538. The van der Waals surface area contributed by atoms with E-state index in [1.807, 2.05) is 12.2 Å². The summed E-state index contributed by atoms with van der Waals surface area (Å²) >= 11 is 0. The first-order valence-electron chi connectivity index (χ1n) is 5.44. The summed E-state index contributed by atoms with van der Waals surface area (Å²) in [6, 6.07) is 0. The van der Waals surface area contributed by atoms with Gasteiger partial charge < -0.3 is 4.90 Å². The Labute approximate surface area is 87.8 Å². The third-order valence-corrected chi connectivity index (χ3v) is 2.78. The highest BCUT2D eigenvalue weighted by molar-refractivity contribution is 5.32. The smallest absolute Gasteiger partial charge is 0.0395 e. The van der Waals surface area contributed by atoms with Crippen molar-refractivity contribution >= 4 is 0 Å². The third-order valence-electron chi connectivity index (χ3n) is 2.78.